The van der Waals surface area contributed by atoms with Gasteiger partial charge in [-0.1, -0.05) is 59.2 Å². The lowest BCUT2D eigenvalue weighted by molar-refractivity contribution is -0.136. The van der Waals surface area contributed by atoms with Gasteiger partial charge in [0.1, 0.15) is 18.1 Å². The van der Waals surface area contributed by atoms with Crippen molar-refractivity contribution in [3.05, 3.63) is 103 Å². The van der Waals surface area contributed by atoms with Crippen LogP contribution < -0.4 is 4.74 Å². The van der Waals surface area contributed by atoms with Gasteiger partial charge >= 0.3 is 5.97 Å². The highest BCUT2D eigenvalue weighted by Gasteiger charge is 2.26. The Morgan fingerprint density at radius 1 is 1.00 bits per heavy atom. The van der Waals surface area contributed by atoms with E-state index in [0.29, 0.717) is 28.7 Å². The SMILES string of the molecule is O=C1ON=C(c2ccccc2)/C1=C/c1cc(Br)c(OCc2cccc(Cl)c2)c(Br)c1. The van der Waals surface area contributed by atoms with Crippen LogP contribution in [-0.2, 0) is 16.2 Å². The van der Waals surface area contributed by atoms with Crippen LogP contribution in [-0.4, -0.2) is 11.7 Å². The lowest BCUT2D eigenvalue weighted by atomic mass is 10.0. The second kappa shape index (κ2) is 9.16. The van der Waals surface area contributed by atoms with Crippen molar-refractivity contribution >= 4 is 61.2 Å². The quantitative estimate of drug-likeness (QED) is 0.261. The molecule has 4 nitrogen and oxygen atoms in total. The second-order valence-corrected chi connectivity index (χ2v) is 8.62. The summed E-state index contributed by atoms with van der Waals surface area (Å²) in [6.07, 6.45) is 1.75. The number of carbonyl (C=O) groups is 1. The molecule has 3 aromatic rings. The van der Waals surface area contributed by atoms with Gasteiger partial charge in [-0.05, 0) is 73.3 Å². The molecule has 7 heteroatoms. The maximum absolute atomic E-state index is 12.2. The summed E-state index contributed by atoms with van der Waals surface area (Å²) in [7, 11) is 0. The third-order valence-corrected chi connectivity index (χ3v) is 5.76. The Morgan fingerprint density at radius 2 is 1.73 bits per heavy atom. The molecule has 0 spiro atoms. The van der Waals surface area contributed by atoms with Gasteiger partial charge in [-0.15, -0.1) is 0 Å². The van der Waals surface area contributed by atoms with Crippen molar-refractivity contribution in [3.8, 4) is 5.75 Å². The topological polar surface area (TPSA) is 47.9 Å². The van der Waals surface area contributed by atoms with Crippen LogP contribution in [0, 0.1) is 0 Å². The highest BCUT2D eigenvalue weighted by atomic mass is 79.9. The van der Waals surface area contributed by atoms with E-state index in [1.165, 1.54) is 0 Å². The van der Waals surface area contributed by atoms with Gasteiger partial charge in [0.25, 0.3) is 0 Å². The number of ether oxygens (including phenoxy) is 1. The summed E-state index contributed by atoms with van der Waals surface area (Å²) in [5.41, 5.74) is 3.47. The Kier molecular flexibility index (Phi) is 6.37. The van der Waals surface area contributed by atoms with Crippen molar-refractivity contribution in [1.29, 1.82) is 0 Å². The van der Waals surface area contributed by atoms with E-state index in [0.717, 1.165) is 25.6 Å². The molecule has 1 heterocycles. The molecule has 0 saturated carbocycles. The molecule has 0 radical (unpaired) electrons. The Labute approximate surface area is 195 Å². The van der Waals surface area contributed by atoms with Gasteiger partial charge in [0.2, 0.25) is 0 Å². The van der Waals surface area contributed by atoms with Crippen LogP contribution in [0.2, 0.25) is 5.02 Å². The number of rotatable bonds is 5. The summed E-state index contributed by atoms with van der Waals surface area (Å²) in [5.74, 6) is 0.172. The number of halogens is 3. The van der Waals surface area contributed by atoms with E-state index in [1.807, 2.05) is 66.7 Å². The lowest BCUT2D eigenvalue weighted by Crippen LogP contribution is -2.06. The first-order valence-corrected chi connectivity index (χ1v) is 10.9. The van der Waals surface area contributed by atoms with Crippen LogP contribution in [0.25, 0.3) is 6.08 Å². The summed E-state index contributed by atoms with van der Waals surface area (Å²) in [5, 5.41) is 4.60. The van der Waals surface area contributed by atoms with Crippen molar-refractivity contribution in [2.45, 2.75) is 6.61 Å². The number of carbonyl (C=O) groups excluding carboxylic acids is 1. The molecule has 4 rings (SSSR count). The molecular weight excluding hydrogens is 534 g/mol. The van der Waals surface area contributed by atoms with Gasteiger partial charge in [-0.2, -0.15) is 0 Å². The van der Waals surface area contributed by atoms with Crippen LogP contribution in [0.1, 0.15) is 16.7 Å². The van der Waals surface area contributed by atoms with E-state index in [-0.39, 0.29) is 0 Å². The van der Waals surface area contributed by atoms with E-state index in [1.54, 1.807) is 6.08 Å². The van der Waals surface area contributed by atoms with Gasteiger partial charge < -0.3 is 9.57 Å². The number of benzene rings is 3. The van der Waals surface area contributed by atoms with Gasteiger partial charge in [0.05, 0.1) is 14.5 Å². The molecule has 1 aliphatic heterocycles. The van der Waals surface area contributed by atoms with Crippen LogP contribution >= 0.6 is 43.5 Å². The fourth-order valence-corrected chi connectivity index (χ4v) is 4.63. The van der Waals surface area contributed by atoms with Crippen LogP contribution in [0.4, 0.5) is 0 Å². The highest BCUT2D eigenvalue weighted by molar-refractivity contribution is 9.11. The Hall–Kier alpha value is -2.41. The first-order chi connectivity index (χ1) is 14.5. The average molecular weight is 548 g/mol. The minimum absolute atomic E-state index is 0.370. The molecule has 3 aromatic carbocycles. The number of nitrogens with zero attached hydrogens (tertiary/aromatic N) is 1. The maximum atomic E-state index is 12.2. The van der Waals surface area contributed by atoms with E-state index >= 15 is 0 Å². The van der Waals surface area contributed by atoms with Crippen molar-refractivity contribution in [3.63, 3.8) is 0 Å². The van der Waals surface area contributed by atoms with E-state index < -0.39 is 5.97 Å². The Balaban J connectivity index is 1.59. The van der Waals surface area contributed by atoms with E-state index in [2.05, 4.69) is 37.0 Å². The molecule has 0 unspecified atom stereocenters. The first-order valence-electron chi connectivity index (χ1n) is 8.94. The summed E-state index contributed by atoms with van der Waals surface area (Å²) in [6, 6.07) is 20.7. The fraction of sp³-hybridized carbons (Fsp3) is 0.0435. The maximum Gasteiger partial charge on any atom is 0.368 e. The van der Waals surface area contributed by atoms with Crippen LogP contribution in [0.5, 0.6) is 5.75 Å². The van der Waals surface area contributed by atoms with Gasteiger partial charge in [-0.3, -0.25) is 0 Å². The van der Waals surface area contributed by atoms with Crippen molar-refractivity contribution < 1.29 is 14.4 Å². The molecule has 0 aromatic heterocycles. The third-order valence-electron chi connectivity index (χ3n) is 4.35. The molecule has 0 N–H and O–H groups in total. The monoisotopic (exact) mass is 545 g/mol. The predicted molar refractivity (Wildman–Crippen MR) is 125 cm³/mol. The van der Waals surface area contributed by atoms with Crippen LogP contribution in [0.15, 0.2) is 86.4 Å². The molecule has 30 heavy (non-hydrogen) atoms. The lowest BCUT2D eigenvalue weighted by Gasteiger charge is -2.12. The number of oxime groups is 1. The summed E-state index contributed by atoms with van der Waals surface area (Å²) in [4.78, 5) is 17.1. The van der Waals surface area contributed by atoms with Crippen molar-refractivity contribution in [2.24, 2.45) is 5.16 Å². The van der Waals surface area contributed by atoms with Gasteiger partial charge in [0.15, 0.2) is 0 Å². The zero-order valence-electron chi connectivity index (χ0n) is 15.4. The number of hydrogen-bond donors (Lipinski definition) is 0. The van der Waals surface area contributed by atoms with E-state index in [9.17, 15) is 4.79 Å². The predicted octanol–water partition coefficient (Wildman–Crippen LogP) is 6.79. The zero-order chi connectivity index (χ0) is 21.1. The summed E-state index contributed by atoms with van der Waals surface area (Å²) >= 11 is 13.1. The van der Waals surface area contributed by atoms with E-state index in [4.69, 9.17) is 21.2 Å². The number of hydrogen-bond acceptors (Lipinski definition) is 4. The van der Waals surface area contributed by atoms with Crippen molar-refractivity contribution in [2.75, 3.05) is 0 Å². The summed E-state index contributed by atoms with van der Waals surface area (Å²) < 4.78 is 7.45. The minimum atomic E-state index is -0.484. The highest BCUT2D eigenvalue weighted by Crippen LogP contribution is 2.36. The standard InChI is InChI=1S/C23H14Br2ClNO3/c24-19-11-15(10-18-21(27-30-23(18)28)16-6-2-1-3-7-16)12-20(25)22(19)29-13-14-5-4-8-17(26)9-14/h1-12H,13H2/b18-10-. The summed E-state index contributed by atoms with van der Waals surface area (Å²) in [6.45, 7) is 0.370. The third kappa shape index (κ3) is 4.67. The van der Waals surface area contributed by atoms with Crippen LogP contribution in [0.3, 0.4) is 0 Å². The first kappa shape index (κ1) is 20.8. The second-order valence-electron chi connectivity index (χ2n) is 6.47. The fourth-order valence-electron chi connectivity index (χ4n) is 2.96. The normalized spacial score (nSPS) is 14.6. The molecule has 0 bridgehead atoms. The largest absolute Gasteiger partial charge is 0.487 e. The average Bonchev–Trinajstić information content (AvgIpc) is 3.08. The Morgan fingerprint density at radius 3 is 2.43 bits per heavy atom. The van der Waals surface area contributed by atoms with Gasteiger partial charge in [-0.25, -0.2) is 4.79 Å². The minimum Gasteiger partial charge on any atom is -0.487 e. The molecule has 0 amide bonds. The zero-order valence-corrected chi connectivity index (χ0v) is 19.4. The molecule has 0 saturated heterocycles. The molecule has 150 valence electrons. The molecule has 0 aliphatic carbocycles. The molecule has 0 atom stereocenters. The molecular formula is C23H14Br2ClNO3. The molecule has 1 aliphatic rings. The van der Waals surface area contributed by atoms with Crippen molar-refractivity contribution in [1.82, 2.24) is 0 Å². The van der Waals surface area contributed by atoms with Gasteiger partial charge in [0, 0.05) is 10.6 Å². The Bertz CT molecular complexity index is 1150. The smallest absolute Gasteiger partial charge is 0.368 e. The molecule has 0 fully saturated rings.